The van der Waals surface area contributed by atoms with E-state index >= 15 is 0 Å². The van der Waals surface area contributed by atoms with E-state index in [0.717, 1.165) is 30.0 Å². The van der Waals surface area contributed by atoms with Crippen molar-refractivity contribution < 1.29 is 0 Å². The normalized spacial score (nSPS) is 38.8. The van der Waals surface area contributed by atoms with E-state index in [0.29, 0.717) is 0 Å². The van der Waals surface area contributed by atoms with Gasteiger partial charge in [-0.25, -0.2) is 0 Å². The average molecular weight is 250 g/mol. The molecule has 3 rings (SSSR count). The summed E-state index contributed by atoms with van der Waals surface area (Å²) in [7, 11) is 0. The second kappa shape index (κ2) is 5.92. The third kappa shape index (κ3) is 3.27. The Morgan fingerprint density at radius 3 is 2.61 bits per heavy atom. The highest BCUT2D eigenvalue weighted by Crippen LogP contribution is 2.35. The lowest BCUT2D eigenvalue weighted by molar-refractivity contribution is 0.199. The Labute approximate surface area is 112 Å². The lowest BCUT2D eigenvalue weighted by Crippen LogP contribution is -2.49. The van der Waals surface area contributed by atoms with Gasteiger partial charge in [-0.05, 0) is 57.4 Å². The van der Waals surface area contributed by atoms with Crippen molar-refractivity contribution in [1.29, 1.82) is 0 Å². The summed E-state index contributed by atoms with van der Waals surface area (Å²) < 4.78 is 0. The van der Waals surface area contributed by atoms with E-state index in [-0.39, 0.29) is 0 Å². The topological polar surface area (TPSA) is 24.1 Å². The first-order valence-electron chi connectivity index (χ1n) is 8.32. The Balaban J connectivity index is 1.52. The predicted octanol–water partition coefficient (Wildman–Crippen LogP) is 3.08. The molecule has 0 bridgehead atoms. The molecule has 1 heterocycles. The summed E-state index contributed by atoms with van der Waals surface area (Å²) in [6, 6.07) is 2.35. The largest absolute Gasteiger partial charge is 0.314 e. The monoisotopic (exact) mass is 250 g/mol. The minimum atomic E-state index is 0.740. The summed E-state index contributed by atoms with van der Waals surface area (Å²) in [5.74, 6) is 1.96. The van der Waals surface area contributed by atoms with Gasteiger partial charge < -0.3 is 10.6 Å². The van der Waals surface area contributed by atoms with Crippen molar-refractivity contribution in [2.75, 3.05) is 6.54 Å². The van der Waals surface area contributed by atoms with Crippen molar-refractivity contribution in [3.63, 3.8) is 0 Å². The third-order valence-corrected chi connectivity index (χ3v) is 5.32. The van der Waals surface area contributed by atoms with E-state index in [1.165, 1.54) is 64.3 Å². The number of rotatable bonds is 5. The van der Waals surface area contributed by atoms with Gasteiger partial charge in [-0.2, -0.15) is 0 Å². The van der Waals surface area contributed by atoms with Gasteiger partial charge in [-0.1, -0.05) is 25.7 Å². The molecule has 4 unspecified atom stereocenters. The molecule has 2 heteroatoms. The lowest BCUT2D eigenvalue weighted by Gasteiger charge is -2.38. The van der Waals surface area contributed by atoms with Crippen LogP contribution < -0.4 is 10.6 Å². The van der Waals surface area contributed by atoms with Gasteiger partial charge >= 0.3 is 0 Å². The molecule has 0 aromatic carbocycles. The molecule has 2 aliphatic carbocycles. The van der Waals surface area contributed by atoms with Crippen LogP contribution in [-0.4, -0.2) is 24.7 Å². The second-order valence-corrected chi connectivity index (χ2v) is 7.00. The molecule has 1 saturated heterocycles. The van der Waals surface area contributed by atoms with Crippen LogP contribution in [0, 0.1) is 11.8 Å². The Morgan fingerprint density at radius 1 is 1.06 bits per heavy atom. The first-order chi connectivity index (χ1) is 8.83. The Kier molecular flexibility index (Phi) is 4.25. The second-order valence-electron chi connectivity index (χ2n) is 7.00. The molecule has 0 amide bonds. The van der Waals surface area contributed by atoms with Crippen LogP contribution in [0.5, 0.6) is 0 Å². The highest BCUT2D eigenvalue weighted by Gasteiger charge is 2.34. The standard InChI is InChI=1S/C16H30N2/c1-12(11-13-8-9-13)18-16-6-3-2-5-14(16)15-7-4-10-17-15/h12-18H,2-11H2,1H3. The quantitative estimate of drug-likeness (QED) is 0.783. The van der Waals surface area contributed by atoms with E-state index in [1.54, 1.807) is 0 Å². The molecule has 0 aromatic rings. The van der Waals surface area contributed by atoms with Crippen LogP contribution in [0.15, 0.2) is 0 Å². The molecular weight excluding hydrogens is 220 g/mol. The molecular formula is C16H30N2. The van der Waals surface area contributed by atoms with Gasteiger partial charge in [-0.3, -0.25) is 0 Å². The number of hydrogen-bond donors (Lipinski definition) is 2. The molecule has 104 valence electrons. The maximum atomic E-state index is 3.98. The van der Waals surface area contributed by atoms with Crippen LogP contribution in [0.4, 0.5) is 0 Å². The van der Waals surface area contributed by atoms with Gasteiger partial charge in [0.15, 0.2) is 0 Å². The van der Waals surface area contributed by atoms with E-state index in [2.05, 4.69) is 17.6 Å². The van der Waals surface area contributed by atoms with E-state index in [9.17, 15) is 0 Å². The zero-order chi connectivity index (χ0) is 12.4. The van der Waals surface area contributed by atoms with Gasteiger partial charge in [0, 0.05) is 18.1 Å². The SMILES string of the molecule is CC(CC1CC1)NC1CCCCC1C1CCCN1. The van der Waals surface area contributed by atoms with E-state index < -0.39 is 0 Å². The molecule has 3 fully saturated rings. The van der Waals surface area contributed by atoms with Gasteiger partial charge in [0.1, 0.15) is 0 Å². The van der Waals surface area contributed by atoms with Crippen molar-refractivity contribution in [2.45, 2.75) is 82.8 Å². The van der Waals surface area contributed by atoms with Gasteiger partial charge in [0.25, 0.3) is 0 Å². The fraction of sp³-hybridized carbons (Fsp3) is 1.00. The van der Waals surface area contributed by atoms with Crippen LogP contribution in [0.2, 0.25) is 0 Å². The van der Waals surface area contributed by atoms with Crippen molar-refractivity contribution in [3.05, 3.63) is 0 Å². The molecule has 2 N–H and O–H groups in total. The minimum Gasteiger partial charge on any atom is -0.314 e. The summed E-state index contributed by atoms with van der Waals surface area (Å²) in [5.41, 5.74) is 0. The molecule has 2 nitrogen and oxygen atoms in total. The molecule has 0 spiro atoms. The third-order valence-electron chi connectivity index (χ3n) is 5.32. The molecule has 1 aliphatic heterocycles. The fourth-order valence-electron chi connectivity index (χ4n) is 4.21. The summed E-state index contributed by atoms with van der Waals surface area (Å²) in [6.45, 7) is 3.66. The van der Waals surface area contributed by atoms with E-state index in [4.69, 9.17) is 0 Å². The molecule has 4 atom stereocenters. The zero-order valence-electron chi connectivity index (χ0n) is 12.0. The Morgan fingerprint density at radius 2 is 1.89 bits per heavy atom. The van der Waals surface area contributed by atoms with Crippen molar-refractivity contribution in [3.8, 4) is 0 Å². The maximum Gasteiger partial charge on any atom is 0.0113 e. The molecule has 2 saturated carbocycles. The molecule has 0 radical (unpaired) electrons. The highest BCUT2D eigenvalue weighted by molar-refractivity contribution is 4.93. The summed E-state index contributed by atoms with van der Waals surface area (Å²) in [4.78, 5) is 0. The zero-order valence-corrected chi connectivity index (χ0v) is 12.0. The van der Waals surface area contributed by atoms with Crippen LogP contribution in [-0.2, 0) is 0 Å². The number of nitrogens with one attached hydrogen (secondary N) is 2. The van der Waals surface area contributed by atoms with Gasteiger partial charge in [0.05, 0.1) is 0 Å². The summed E-state index contributed by atoms with van der Waals surface area (Å²) in [5, 5.41) is 7.72. The van der Waals surface area contributed by atoms with Gasteiger partial charge in [-0.15, -0.1) is 0 Å². The molecule has 18 heavy (non-hydrogen) atoms. The Hall–Kier alpha value is -0.0800. The first-order valence-corrected chi connectivity index (χ1v) is 8.32. The minimum absolute atomic E-state index is 0.740. The van der Waals surface area contributed by atoms with Crippen molar-refractivity contribution in [1.82, 2.24) is 10.6 Å². The van der Waals surface area contributed by atoms with Crippen molar-refractivity contribution >= 4 is 0 Å². The molecule has 3 aliphatic rings. The fourth-order valence-corrected chi connectivity index (χ4v) is 4.21. The smallest absolute Gasteiger partial charge is 0.0113 e. The predicted molar refractivity (Wildman–Crippen MR) is 76.7 cm³/mol. The summed E-state index contributed by atoms with van der Waals surface area (Å²) >= 11 is 0. The van der Waals surface area contributed by atoms with Crippen LogP contribution in [0.1, 0.15) is 64.7 Å². The molecule has 0 aromatic heterocycles. The Bertz CT molecular complexity index is 256. The van der Waals surface area contributed by atoms with Crippen LogP contribution in [0.3, 0.4) is 0 Å². The van der Waals surface area contributed by atoms with Crippen molar-refractivity contribution in [2.24, 2.45) is 11.8 Å². The maximum absolute atomic E-state index is 3.98. The highest BCUT2D eigenvalue weighted by atomic mass is 15.0. The average Bonchev–Trinajstić information content (AvgIpc) is 3.01. The number of hydrogen-bond acceptors (Lipinski definition) is 2. The lowest BCUT2D eigenvalue weighted by atomic mass is 9.79. The van der Waals surface area contributed by atoms with Crippen LogP contribution in [0.25, 0.3) is 0 Å². The summed E-state index contributed by atoms with van der Waals surface area (Å²) in [6.07, 6.45) is 13.0. The first kappa shape index (κ1) is 12.9. The van der Waals surface area contributed by atoms with Crippen LogP contribution >= 0.6 is 0 Å². The van der Waals surface area contributed by atoms with Gasteiger partial charge in [0.2, 0.25) is 0 Å². The van der Waals surface area contributed by atoms with E-state index in [1.807, 2.05) is 0 Å².